The summed E-state index contributed by atoms with van der Waals surface area (Å²) in [5, 5.41) is 7.33. The third-order valence-corrected chi connectivity index (χ3v) is 5.94. The largest absolute Gasteiger partial charge is 0.487 e. The fourth-order valence-electron chi connectivity index (χ4n) is 4.41. The number of ether oxygens (including phenoxy) is 3. The average molecular weight is 437 g/mol. The Morgan fingerprint density at radius 3 is 2.88 bits per heavy atom. The van der Waals surface area contributed by atoms with E-state index in [-0.39, 0.29) is 23.7 Å². The van der Waals surface area contributed by atoms with E-state index in [1.807, 2.05) is 12.1 Å². The Hall–Kier alpha value is -2.97. The van der Waals surface area contributed by atoms with Crippen molar-refractivity contribution in [2.45, 2.75) is 57.8 Å². The molecule has 0 aliphatic carbocycles. The molecular weight excluding hydrogens is 408 g/mol. The van der Waals surface area contributed by atoms with Crippen LogP contribution in [0.4, 0.5) is 5.69 Å². The van der Waals surface area contributed by atoms with Gasteiger partial charge in [0, 0.05) is 36.0 Å². The maximum Gasteiger partial charge on any atom is 0.261 e. The number of amides is 1. The van der Waals surface area contributed by atoms with Crippen LogP contribution in [0.1, 0.15) is 61.0 Å². The summed E-state index contributed by atoms with van der Waals surface area (Å²) < 4.78 is 19.6. The molecule has 0 radical (unpaired) electrons. The predicted molar refractivity (Wildman–Crippen MR) is 119 cm³/mol. The summed E-state index contributed by atoms with van der Waals surface area (Å²) in [4.78, 5) is 17.5. The molecule has 1 amide bonds. The zero-order valence-electron chi connectivity index (χ0n) is 18.6. The van der Waals surface area contributed by atoms with Gasteiger partial charge in [0.15, 0.2) is 11.9 Å². The van der Waals surface area contributed by atoms with Crippen LogP contribution in [0.2, 0.25) is 0 Å². The van der Waals surface area contributed by atoms with Gasteiger partial charge in [-0.1, -0.05) is 13.3 Å². The zero-order chi connectivity index (χ0) is 22.3. The van der Waals surface area contributed by atoms with Crippen LogP contribution in [0.3, 0.4) is 0 Å². The highest BCUT2D eigenvalue weighted by Gasteiger charge is 2.33. The highest BCUT2D eigenvalue weighted by atomic mass is 16.7. The highest BCUT2D eigenvalue weighted by molar-refractivity contribution is 6.08. The SMILES string of the molecule is CCCC1OCC(c2cc3c(cc2NC(=O)c2cnn4cccnc24)CC(C)(C)O3)CO1. The second-order valence-electron chi connectivity index (χ2n) is 9.07. The van der Waals surface area contributed by atoms with Gasteiger partial charge in [0.25, 0.3) is 5.91 Å². The summed E-state index contributed by atoms with van der Waals surface area (Å²) in [6.45, 7) is 7.32. The lowest BCUT2D eigenvalue weighted by atomic mass is 9.94. The third kappa shape index (κ3) is 3.96. The molecular formula is C24H28N4O4. The van der Waals surface area contributed by atoms with Gasteiger partial charge in [-0.15, -0.1) is 0 Å². The number of rotatable bonds is 5. The number of benzene rings is 1. The summed E-state index contributed by atoms with van der Waals surface area (Å²) in [7, 11) is 0. The van der Waals surface area contributed by atoms with E-state index in [1.165, 1.54) is 0 Å². The molecule has 0 unspecified atom stereocenters. The molecule has 1 fully saturated rings. The standard InChI is InChI=1S/C24H28N4O4/c1-4-6-21-30-13-16(14-31-21)17-10-20-15(11-24(2,3)32-20)9-19(17)27-23(29)18-12-26-28-8-5-7-25-22(18)28/h5,7-10,12,16,21H,4,6,11,13-14H2,1-3H3,(H,27,29). The van der Waals surface area contributed by atoms with E-state index in [0.717, 1.165) is 41.8 Å². The van der Waals surface area contributed by atoms with Crippen molar-refractivity contribution in [1.29, 1.82) is 0 Å². The quantitative estimate of drug-likeness (QED) is 0.652. The van der Waals surface area contributed by atoms with Gasteiger partial charge in [0.1, 0.15) is 16.9 Å². The van der Waals surface area contributed by atoms with Crippen LogP contribution < -0.4 is 10.1 Å². The Bertz CT molecular complexity index is 1150. The topological polar surface area (TPSA) is 87.0 Å². The normalized spacial score (nSPS) is 21.8. The molecule has 5 rings (SSSR count). The first kappa shape index (κ1) is 20.9. The molecule has 1 N–H and O–H groups in total. The van der Waals surface area contributed by atoms with Crippen molar-refractivity contribution < 1.29 is 19.0 Å². The van der Waals surface area contributed by atoms with Crippen LogP contribution in [0.5, 0.6) is 5.75 Å². The second kappa shape index (κ2) is 8.18. The first-order chi connectivity index (χ1) is 15.4. The van der Waals surface area contributed by atoms with Crippen molar-refractivity contribution >= 4 is 17.2 Å². The molecule has 0 bridgehead atoms. The summed E-state index contributed by atoms with van der Waals surface area (Å²) in [5.41, 5.74) is 3.44. The van der Waals surface area contributed by atoms with E-state index in [9.17, 15) is 4.79 Å². The third-order valence-electron chi connectivity index (χ3n) is 5.94. The molecule has 3 aromatic rings. The molecule has 2 aliphatic heterocycles. The monoisotopic (exact) mass is 436 g/mol. The molecule has 2 aromatic heterocycles. The molecule has 0 atom stereocenters. The molecule has 168 valence electrons. The highest BCUT2D eigenvalue weighted by Crippen LogP contribution is 2.41. The lowest BCUT2D eigenvalue weighted by Gasteiger charge is -2.31. The van der Waals surface area contributed by atoms with Gasteiger partial charge >= 0.3 is 0 Å². The van der Waals surface area contributed by atoms with Crippen LogP contribution in [-0.2, 0) is 15.9 Å². The Balaban J connectivity index is 1.46. The van der Waals surface area contributed by atoms with Crippen molar-refractivity contribution in [3.8, 4) is 5.75 Å². The minimum Gasteiger partial charge on any atom is -0.487 e. The summed E-state index contributed by atoms with van der Waals surface area (Å²) in [6, 6.07) is 5.83. The van der Waals surface area contributed by atoms with Gasteiger partial charge in [-0.3, -0.25) is 4.79 Å². The van der Waals surface area contributed by atoms with E-state index in [2.05, 4.69) is 36.2 Å². The van der Waals surface area contributed by atoms with Gasteiger partial charge in [-0.05, 0) is 44.0 Å². The smallest absolute Gasteiger partial charge is 0.261 e. The van der Waals surface area contributed by atoms with E-state index in [0.29, 0.717) is 24.4 Å². The van der Waals surface area contributed by atoms with Crippen molar-refractivity contribution in [3.63, 3.8) is 0 Å². The summed E-state index contributed by atoms with van der Waals surface area (Å²) in [6.07, 6.45) is 7.45. The van der Waals surface area contributed by atoms with Gasteiger partial charge in [-0.25, -0.2) is 9.50 Å². The Kier molecular flexibility index (Phi) is 5.35. The van der Waals surface area contributed by atoms with Crippen LogP contribution in [0, 0.1) is 0 Å². The van der Waals surface area contributed by atoms with Crippen LogP contribution in [0.15, 0.2) is 36.8 Å². The number of aromatic nitrogens is 3. The van der Waals surface area contributed by atoms with E-state index < -0.39 is 0 Å². The number of carbonyl (C=O) groups is 1. The number of hydrogen-bond acceptors (Lipinski definition) is 6. The minimum absolute atomic E-state index is 0.00181. The number of anilines is 1. The van der Waals surface area contributed by atoms with Crippen molar-refractivity contribution in [2.24, 2.45) is 0 Å². The molecule has 1 saturated heterocycles. The maximum atomic E-state index is 13.2. The fourth-order valence-corrected chi connectivity index (χ4v) is 4.41. The fraction of sp³-hybridized carbons (Fsp3) is 0.458. The number of fused-ring (bicyclic) bond motifs is 2. The van der Waals surface area contributed by atoms with Crippen molar-refractivity contribution in [3.05, 3.63) is 53.5 Å². The molecule has 0 spiro atoms. The minimum atomic E-state index is -0.277. The Morgan fingerprint density at radius 2 is 2.09 bits per heavy atom. The number of nitrogens with one attached hydrogen (secondary N) is 1. The van der Waals surface area contributed by atoms with Gasteiger partial charge in [0.05, 0.1) is 19.4 Å². The Morgan fingerprint density at radius 1 is 1.28 bits per heavy atom. The molecule has 8 nitrogen and oxygen atoms in total. The van der Waals surface area contributed by atoms with Crippen molar-refractivity contribution in [1.82, 2.24) is 14.6 Å². The molecule has 1 aromatic carbocycles. The molecule has 4 heterocycles. The van der Waals surface area contributed by atoms with Gasteiger partial charge in [-0.2, -0.15) is 5.10 Å². The first-order valence-corrected chi connectivity index (χ1v) is 11.1. The Labute approximate surface area is 186 Å². The summed E-state index contributed by atoms with van der Waals surface area (Å²) >= 11 is 0. The van der Waals surface area contributed by atoms with Crippen LogP contribution in [-0.4, -0.2) is 45.6 Å². The van der Waals surface area contributed by atoms with Crippen molar-refractivity contribution in [2.75, 3.05) is 18.5 Å². The average Bonchev–Trinajstić information content (AvgIpc) is 3.33. The second-order valence-corrected chi connectivity index (χ2v) is 9.07. The van der Waals surface area contributed by atoms with Crippen LogP contribution >= 0.6 is 0 Å². The molecule has 2 aliphatic rings. The van der Waals surface area contributed by atoms with Crippen LogP contribution in [0.25, 0.3) is 5.65 Å². The lowest BCUT2D eigenvalue weighted by molar-refractivity contribution is -0.189. The van der Waals surface area contributed by atoms with Gasteiger partial charge < -0.3 is 19.5 Å². The molecule has 8 heteroatoms. The first-order valence-electron chi connectivity index (χ1n) is 11.1. The lowest BCUT2D eigenvalue weighted by Crippen LogP contribution is -2.31. The van der Waals surface area contributed by atoms with Gasteiger partial charge in [0.2, 0.25) is 0 Å². The molecule has 32 heavy (non-hydrogen) atoms. The van der Waals surface area contributed by atoms with E-state index in [4.69, 9.17) is 14.2 Å². The molecule has 0 saturated carbocycles. The number of nitrogens with zero attached hydrogens (tertiary/aromatic N) is 3. The number of carbonyl (C=O) groups excluding carboxylic acids is 1. The van der Waals surface area contributed by atoms with E-state index in [1.54, 1.807) is 29.2 Å². The zero-order valence-corrected chi connectivity index (χ0v) is 18.6. The van der Waals surface area contributed by atoms with E-state index >= 15 is 0 Å². The maximum absolute atomic E-state index is 13.2. The number of hydrogen-bond donors (Lipinski definition) is 1. The summed E-state index contributed by atoms with van der Waals surface area (Å²) in [5.74, 6) is 0.606. The predicted octanol–water partition coefficient (Wildman–Crippen LogP) is 3.95.